The first kappa shape index (κ1) is 63.4. The van der Waals surface area contributed by atoms with Crippen molar-refractivity contribution in [3.8, 4) is 0 Å². The Labute approximate surface area is 461 Å². The van der Waals surface area contributed by atoms with E-state index < -0.39 is 68.9 Å². The Morgan fingerprint density at radius 2 is 1.03 bits per heavy atom. The zero-order valence-electron chi connectivity index (χ0n) is 33.4. The molecule has 0 radical (unpaired) electrons. The van der Waals surface area contributed by atoms with Crippen LogP contribution in [0.15, 0.2) is 123 Å². The number of nitrogens with zero attached hydrogens (tertiary/aromatic N) is 6. The molecule has 0 atom stereocenters. The fourth-order valence-electron chi connectivity index (χ4n) is 4.30. The van der Waals surface area contributed by atoms with Gasteiger partial charge < -0.3 is 31.1 Å². The van der Waals surface area contributed by atoms with Crippen molar-refractivity contribution < 1.29 is 199 Å². The van der Waals surface area contributed by atoms with Gasteiger partial charge in [-0.05, 0) is 72.8 Å². The average Bonchev–Trinajstić information content (AvgIpc) is 3.18. The first-order valence-corrected chi connectivity index (χ1v) is 22.9. The third kappa shape index (κ3) is 20.2. The molecule has 324 valence electrons. The van der Waals surface area contributed by atoms with Crippen molar-refractivity contribution in [1.82, 2.24) is 0 Å². The number of nitrogen functional groups attached to an aromatic ring is 2. The molecule has 0 saturated heterocycles. The van der Waals surface area contributed by atoms with E-state index in [0.717, 1.165) is 36.4 Å². The molecule has 0 spiro atoms. The molecular formula is C28H24N8Na4O18S6. The Bertz CT molecular complexity index is 2710. The summed E-state index contributed by atoms with van der Waals surface area (Å²) in [4.78, 5) is -1.20. The SMILES string of the molecule is Nc1c(N=Nc2ccc(S(=O)(=O)CCOSOO[O-])cc2)cc(N=Nc2cc(SOO[O-])ccc2S(=O)(=O)[O-])c(N)c1N=Nc1ccc(S(=O)(=O)CCOS(=O)(=O)[O-])cc1.[Na+].[Na+].[Na+].[Na+]. The molecule has 26 nitrogen and oxygen atoms in total. The van der Waals surface area contributed by atoms with Crippen molar-refractivity contribution in [3.63, 3.8) is 0 Å². The summed E-state index contributed by atoms with van der Waals surface area (Å²) in [7, 11) is -18.2. The third-order valence-corrected chi connectivity index (χ3v) is 12.7. The van der Waals surface area contributed by atoms with Crippen molar-refractivity contribution in [2.45, 2.75) is 19.6 Å². The van der Waals surface area contributed by atoms with Gasteiger partial charge in [-0.15, -0.1) is 24.8 Å². The second-order valence-corrected chi connectivity index (χ2v) is 18.8. The van der Waals surface area contributed by atoms with Gasteiger partial charge >= 0.3 is 118 Å². The molecule has 0 aromatic heterocycles. The number of hydrogen-bond acceptors (Lipinski definition) is 28. The number of nitrogens with two attached hydrogens (primary N) is 2. The summed E-state index contributed by atoms with van der Waals surface area (Å²) in [5.74, 6) is -1.34. The van der Waals surface area contributed by atoms with E-state index >= 15 is 0 Å². The molecule has 4 N–H and O–H groups in total. The second-order valence-electron chi connectivity index (χ2n) is 10.9. The number of benzene rings is 4. The zero-order valence-corrected chi connectivity index (χ0v) is 46.3. The average molecular weight is 1040 g/mol. The summed E-state index contributed by atoms with van der Waals surface area (Å²) in [5, 5.41) is 50.4. The van der Waals surface area contributed by atoms with Crippen LogP contribution in [0, 0.1) is 0 Å². The minimum atomic E-state index is -5.14. The van der Waals surface area contributed by atoms with Crippen LogP contribution in [0.5, 0.6) is 0 Å². The summed E-state index contributed by atoms with van der Waals surface area (Å²) in [6, 6.07) is 13.7. The van der Waals surface area contributed by atoms with Crippen LogP contribution in [0.2, 0.25) is 0 Å². The van der Waals surface area contributed by atoms with Crippen LogP contribution in [0.4, 0.5) is 45.5 Å². The van der Waals surface area contributed by atoms with Crippen molar-refractivity contribution >= 4 is 110 Å². The summed E-state index contributed by atoms with van der Waals surface area (Å²) in [6.45, 7) is -1.29. The third-order valence-electron chi connectivity index (χ3n) is 7.01. The largest absolute Gasteiger partial charge is 1.00 e. The zero-order chi connectivity index (χ0) is 44.1. The van der Waals surface area contributed by atoms with Crippen molar-refractivity contribution in [3.05, 3.63) is 72.8 Å². The maximum atomic E-state index is 12.6. The van der Waals surface area contributed by atoms with E-state index in [1.54, 1.807) is 0 Å². The smallest absolute Gasteiger partial charge is 0.744 e. The molecule has 0 aliphatic heterocycles. The van der Waals surface area contributed by atoms with Gasteiger partial charge in [-0.1, -0.05) is 0 Å². The molecule has 0 heterocycles. The molecule has 0 amide bonds. The minimum absolute atomic E-state index is 0. The number of anilines is 2. The minimum Gasteiger partial charge on any atom is -0.744 e. The normalized spacial score (nSPS) is 12.1. The van der Waals surface area contributed by atoms with Gasteiger partial charge in [-0.3, -0.25) is 18.4 Å². The first-order valence-electron chi connectivity index (χ1n) is 15.4. The van der Waals surface area contributed by atoms with Gasteiger partial charge in [0.2, 0.25) is 10.4 Å². The van der Waals surface area contributed by atoms with Gasteiger partial charge in [0.25, 0.3) is 0 Å². The van der Waals surface area contributed by atoms with Crippen LogP contribution in [-0.2, 0) is 67.3 Å². The molecule has 0 aliphatic rings. The fraction of sp³-hybridized carbons (Fsp3) is 0.143. The Morgan fingerprint density at radius 3 is 1.52 bits per heavy atom. The van der Waals surface area contributed by atoms with E-state index in [2.05, 4.69) is 53.6 Å². The van der Waals surface area contributed by atoms with Crippen molar-refractivity contribution in [2.24, 2.45) is 30.7 Å². The molecule has 0 fully saturated rings. The van der Waals surface area contributed by atoms with Gasteiger partial charge in [-0.2, -0.15) is 14.6 Å². The van der Waals surface area contributed by atoms with E-state index in [9.17, 15) is 53.3 Å². The summed E-state index contributed by atoms with van der Waals surface area (Å²) >= 11 is 0.490. The first-order chi connectivity index (χ1) is 28.2. The Balaban J connectivity index is 0.00000992. The quantitative estimate of drug-likeness (QED) is 0.00849. The monoisotopic (exact) mass is 1040 g/mol. The van der Waals surface area contributed by atoms with Gasteiger partial charge in [0.05, 0.1) is 74.2 Å². The number of hydrogen-bond donors (Lipinski definition) is 2. The van der Waals surface area contributed by atoms with Gasteiger partial charge in [0.1, 0.15) is 32.9 Å². The molecule has 0 saturated carbocycles. The van der Waals surface area contributed by atoms with Gasteiger partial charge in [0.15, 0.2) is 32.0 Å². The number of sulfone groups is 2. The van der Waals surface area contributed by atoms with Crippen molar-refractivity contribution in [2.75, 3.05) is 36.2 Å². The molecule has 0 aliphatic carbocycles. The van der Waals surface area contributed by atoms with Crippen LogP contribution < -0.4 is 140 Å². The van der Waals surface area contributed by atoms with Crippen LogP contribution in [0.3, 0.4) is 0 Å². The second kappa shape index (κ2) is 29.4. The van der Waals surface area contributed by atoms with Gasteiger partial charge in [0, 0.05) is 4.90 Å². The molecular weight excluding hydrogens is 1020 g/mol. The Kier molecular flexibility index (Phi) is 29.1. The van der Waals surface area contributed by atoms with Crippen LogP contribution in [0.1, 0.15) is 0 Å². The van der Waals surface area contributed by atoms with Crippen LogP contribution in [0.25, 0.3) is 0 Å². The molecule has 64 heavy (non-hydrogen) atoms. The van der Waals surface area contributed by atoms with Crippen LogP contribution in [-0.4, -0.2) is 67.5 Å². The van der Waals surface area contributed by atoms with E-state index in [0.29, 0.717) is 12.0 Å². The fourth-order valence-corrected chi connectivity index (χ4v) is 8.17. The van der Waals surface area contributed by atoms with E-state index in [4.69, 9.17) is 15.7 Å². The maximum Gasteiger partial charge on any atom is 1.00 e. The molecule has 0 unspecified atom stereocenters. The topological polar surface area (TPSA) is 410 Å². The Hall–Kier alpha value is -0.620. The van der Waals surface area contributed by atoms with E-state index in [-0.39, 0.29) is 192 Å². The summed E-state index contributed by atoms with van der Waals surface area (Å²) < 4.78 is 135. The summed E-state index contributed by atoms with van der Waals surface area (Å²) in [6.07, 6.45) is 0. The predicted octanol–water partition coefficient (Wildman–Crippen LogP) is -8.92. The molecule has 4 aromatic rings. The van der Waals surface area contributed by atoms with E-state index in [1.807, 2.05) is 0 Å². The standard InChI is InChI=1S/C28H28N8O18S6.4Na/c29-26-23(34-31-17-1-6-20(7-2-17)57(39,40)13-11-49-56-54-52-38)16-24(35-33-22-15-19(55-53-51-37)5-10-25(22)59(43,44)45)27(30)28(26)36-32-18-3-8-21(9-4-18)58(41,42)14-12-50-60(46,47)48;;;;/h1-10,15-16,37-38H,11-14,29-30H2,(H,43,44,45)(H,46,47,48);;;;/q;4*+1/p-4. The van der Waals surface area contributed by atoms with Gasteiger partial charge in [-0.25, -0.2) is 33.7 Å². The van der Waals surface area contributed by atoms with E-state index in [1.165, 1.54) is 36.4 Å². The summed E-state index contributed by atoms with van der Waals surface area (Å²) in [5.41, 5.74) is 10.8. The number of rotatable bonds is 22. The number of azo groups is 3. The molecule has 0 bridgehead atoms. The molecule has 36 heteroatoms. The predicted molar refractivity (Wildman–Crippen MR) is 199 cm³/mol. The van der Waals surface area contributed by atoms with Crippen molar-refractivity contribution in [1.29, 1.82) is 0 Å². The van der Waals surface area contributed by atoms with Crippen LogP contribution >= 0.6 is 24.4 Å². The Morgan fingerprint density at radius 1 is 0.562 bits per heavy atom. The molecule has 4 rings (SSSR count). The molecule has 4 aromatic carbocycles. The maximum absolute atomic E-state index is 12.6.